The molecule has 18 heavy (non-hydrogen) atoms. The molecular weight excluding hydrogens is 232 g/mol. The monoisotopic (exact) mass is 244 g/mol. The van der Waals surface area contributed by atoms with Crippen LogP contribution in [0, 0.1) is 0 Å². The molecule has 0 aromatic heterocycles. The van der Waals surface area contributed by atoms with Gasteiger partial charge in [-0.25, -0.2) is 0 Å². The van der Waals surface area contributed by atoms with E-state index in [9.17, 15) is 14.7 Å². The predicted molar refractivity (Wildman–Crippen MR) is 63.9 cm³/mol. The standard InChI is InChI=1S/C14H12O4/c1-14(2)13(17)9-11(16)10(15)7-5-3-4-6-8(7)12(9)18-14/h3-6,13,17H,1-2H3. The second-order valence-corrected chi connectivity index (χ2v) is 5.05. The lowest BCUT2D eigenvalue weighted by atomic mass is 9.85. The fraction of sp³-hybridized carbons (Fsp3) is 0.286. The van der Waals surface area contributed by atoms with Crippen LogP contribution in [0.1, 0.15) is 29.8 Å². The molecule has 4 heteroatoms. The summed E-state index contributed by atoms with van der Waals surface area (Å²) in [5.74, 6) is -0.904. The molecule has 0 spiro atoms. The lowest BCUT2D eigenvalue weighted by Gasteiger charge is -2.23. The van der Waals surface area contributed by atoms with Crippen LogP contribution >= 0.6 is 0 Å². The van der Waals surface area contributed by atoms with Crippen LogP contribution in [-0.2, 0) is 9.53 Å². The highest BCUT2D eigenvalue weighted by Gasteiger charge is 2.49. The average molecular weight is 244 g/mol. The summed E-state index contributed by atoms with van der Waals surface area (Å²) in [5.41, 5.74) is 0.120. The molecule has 1 N–H and O–H groups in total. The van der Waals surface area contributed by atoms with Crippen molar-refractivity contribution >= 4 is 17.3 Å². The molecule has 0 saturated heterocycles. The molecule has 0 amide bonds. The summed E-state index contributed by atoms with van der Waals surface area (Å²) in [6.07, 6.45) is -1.07. The van der Waals surface area contributed by atoms with Gasteiger partial charge in [0, 0.05) is 11.1 Å². The van der Waals surface area contributed by atoms with E-state index < -0.39 is 23.3 Å². The summed E-state index contributed by atoms with van der Waals surface area (Å²) in [5, 5.41) is 10.1. The van der Waals surface area contributed by atoms with Crippen LogP contribution in [0.15, 0.2) is 29.8 Å². The molecule has 0 bridgehead atoms. The van der Waals surface area contributed by atoms with Gasteiger partial charge in [-0.2, -0.15) is 0 Å². The van der Waals surface area contributed by atoms with Crippen molar-refractivity contribution in [3.05, 3.63) is 41.0 Å². The molecule has 1 aromatic carbocycles. The Hall–Kier alpha value is -1.94. The first-order valence-corrected chi connectivity index (χ1v) is 5.73. The number of hydrogen-bond donors (Lipinski definition) is 1. The predicted octanol–water partition coefficient (Wildman–Crippen LogP) is 1.33. The Morgan fingerprint density at radius 1 is 1.11 bits per heavy atom. The molecule has 1 atom stereocenters. The van der Waals surface area contributed by atoms with Gasteiger partial charge in [0.2, 0.25) is 11.6 Å². The summed E-state index contributed by atoms with van der Waals surface area (Å²) < 4.78 is 5.67. The molecule has 2 aliphatic rings. The quantitative estimate of drug-likeness (QED) is 0.699. The van der Waals surface area contributed by atoms with Crippen molar-refractivity contribution in [2.75, 3.05) is 0 Å². The van der Waals surface area contributed by atoms with Crippen molar-refractivity contribution in [3.8, 4) is 0 Å². The lowest BCUT2D eigenvalue weighted by molar-refractivity contribution is -0.113. The third-order valence-electron chi connectivity index (χ3n) is 3.41. The highest BCUT2D eigenvalue weighted by molar-refractivity contribution is 6.52. The van der Waals surface area contributed by atoms with Crippen LogP contribution in [0.5, 0.6) is 0 Å². The SMILES string of the molecule is CC1(C)OC2=C(C(=O)C(=O)c3ccccc32)C1O. The number of rotatable bonds is 0. The molecule has 1 unspecified atom stereocenters. The summed E-state index contributed by atoms with van der Waals surface area (Å²) in [6, 6.07) is 6.79. The number of aliphatic hydroxyl groups excluding tert-OH is 1. The number of ether oxygens (including phenoxy) is 1. The van der Waals surface area contributed by atoms with Gasteiger partial charge in [-0.1, -0.05) is 24.3 Å². The van der Waals surface area contributed by atoms with E-state index in [-0.39, 0.29) is 5.57 Å². The Labute approximate surface area is 104 Å². The maximum absolute atomic E-state index is 12.0. The minimum atomic E-state index is -1.07. The Balaban J connectivity index is 2.28. The number of Topliss-reactive ketones (excluding diaryl/α,β-unsaturated/α-hetero) is 2. The fourth-order valence-corrected chi connectivity index (χ4v) is 2.40. The minimum absolute atomic E-state index is 0.0868. The molecule has 0 radical (unpaired) electrons. The second-order valence-electron chi connectivity index (χ2n) is 5.05. The van der Waals surface area contributed by atoms with Crippen LogP contribution in [0.3, 0.4) is 0 Å². The summed E-state index contributed by atoms with van der Waals surface area (Å²) in [6.45, 7) is 3.38. The van der Waals surface area contributed by atoms with Crippen molar-refractivity contribution < 1.29 is 19.4 Å². The van der Waals surface area contributed by atoms with E-state index in [1.54, 1.807) is 38.1 Å². The molecule has 1 heterocycles. The van der Waals surface area contributed by atoms with Crippen molar-refractivity contribution in [3.63, 3.8) is 0 Å². The van der Waals surface area contributed by atoms with Crippen LogP contribution in [0.25, 0.3) is 5.76 Å². The smallest absolute Gasteiger partial charge is 0.236 e. The molecule has 0 saturated carbocycles. The van der Waals surface area contributed by atoms with E-state index in [0.717, 1.165) is 0 Å². The fourth-order valence-electron chi connectivity index (χ4n) is 2.40. The number of aliphatic hydroxyl groups is 1. The van der Waals surface area contributed by atoms with Crippen molar-refractivity contribution in [2.24, 2.45) is 0 Å². The summed E-state index contributed by atoms with van der Waals surface area (Å²) in [4.78, 5) is 24.0. The number of ketones is 2. The van der Waals surface area contributed by atoms with Crippen LogP contribution < -0.4 is 0 Å². The van der Waals surface area contributed by atoms with E-state index in [2.05, 4.69) is 0 Å². The summed E-state index contributed by atoms with van der Waals surface area (Å²) >= 11 is 0. The molecule has 1 aliphatic carbocycles. The number of carbonyl (C=O) groups excluding carboxylic acids is 2. The van der Waals surface area contributed by atoms with Crippen LogP contribution in [0.4, 0.5) is 0 Å². The topological polar surface area (TPSA) is 63.6 Å². The zero-order chi connectivity index (χ0) is 13.1. The zero-order valence-electron chi connectivity index (χ0n) is 10.1. The first-order valence-electron chi connectivity index (χ1n) is 5.73. The van der Waals surface area contributed by atoms with E-state index in [0.29, 0.717) is 16.9 Å². The van der Waals surface area contributed by atoms with Gasteiger partial charge in [0.1, 0.15) is 17.5 Å². The third-order valence-corrected chi connectivity index (χ3v) is 3.41. The van der Waals surface area contributed by atoms with Crippen LogP contribution in [0.2, 0.25) is 0 Å². The molecule has 4 nitrogen and oxygen atoms in total. The zero-order valence-corrected chi connectivity index (χ0v) is 10.1. The number of carbonyl (C=O) groups is 2. The lowest BCUT2D eigenvalue weighted by Crippen LogP contribution is -2.37. The normalized spacial score (nSPS) is 24.7. The Morgan fingerprint density at radius 3 is 2.39 bits per heavy atom. The average Bonchev–Trinajstić information content (AvgIpc) is 2.58. The Kier molecular flexibility index (Phi) is 2.04. The number of fused-ring (bicyclic) bond motifs is 2. The van der Waals surface area contributed by atoms with Gasteiger partial charge in [-0.3, -0.25) is 9.59 Å². The Bertz CT molecular complexity index is 610. The second kappa shape index (κ2) is 3.29. The van der Waals surface area contributed by atoms with Crippen molar-refractivity contribution in [2.45, 2.75) is 25.6 Å². The molecule has 3 rings (SSSR count). The highest BCUT2D eigenvalue weighted by Crippen LogP contribution is 2.43. The van der Waals surface area contributed by atoms with Gasteiger partial charge < -0.3 is 9.84 Å². The number of benzene rings is 1. The molecular formula is C14H12O4. The van der Waals surface area contributed by atoms with Gasteiger partial charge in [-0.15, -0.1) is 0 Å². The largest absolute Gasteiger partial charge is 0.484 e. The maximum Gasteiger partial charge on any atom is 0.236 e. The first kappa shape index (κ1) is 11.2. The van der Waals surface area contributed by atoms with E-state index in [1.807, 2.05) is 0 Å². The molecule has 0 fully saturated rings. The molecule has 92 valence electrons. The highest BCUT2D eigenvalue weighted by atomic mass is 16.5. The van der Waals surface area contributed by atoms with Gasteiger partial charge >= 0.3 is 0 Å². The van der Waals surface area contributed by atoms with Gasteiger partial charge in [0.15, 0.2) is 0 Å². The van der Waals surface area contributed by atoms with Crippen molar-refractivity contribution in [1.29, 1.82) is 0 Å². The van der Waals surface area contributed by atoms with Crippen LogP contribution in [-0.4, -0.2) is 28.4 Å². The van der Waals surface area contributed by atoms with Gasteiger partial charge in [-0.05, 0) is 13.8 Å². The van der Waals surface area contributed by atoms with Crippen molar-refractivity contribution in [1.82, 2.24) is 0 Å². The van der Waals surface area contributed by atoms with Gasteiger partial charge in [0.25, 0.3) is 0 Å². The Morgan fingerprint density at radius 2 is 1.72 bits per heavy atom. The van der Waals surface area contributed by atoms with E-state index in [1.165, 1.54) is 0 Å². The maximum atomic E-state index is 12.0. The van der Waals surface area contributed by atoms with Gasteiger partial charge in [0.05, 0.1) is 5.57 Å². The summed E-state index contributed by atoms with van der Waals surface area (Å²) in [7, 11) is 0. The molecule has 1 aliphatic heterocycles. The molecule has 1 aromatic rings. The third kappa shape index (κ3) is 1.24. The number of hydrogen-bond acceptors (Lipinski definition) is 4. The van der Waals surface area contributed by atoms with E-state index >= 15 is 0 Å². The van der Waals surface area contributed by atoms with E-state index in [4.69, 9.17) is 4.74 Å². The first-order chi connectivity index (χ1) is 8.43. The minimum Gasteiger partial charge on any atom is -0.484 e.